The van der Waals surface area contributed by atoms with Crippen molar-refractivity contribution in [1.29, 1.82) is 5.41 Å². The minimum Gasteiger partial charge on any atom is -0.384 e. The Morgan fingerprint density at radius 3 is 2.50 bits per heavy atom. The summed E-state index contributed by atoms with van der Waals surface area (Å²) in [5, 5.41) is 7.59. The third-order valence-electron chi connectivity index (χ3n) is 2.59. The minimum absolute atomic E-state index is 0.136. The maximum atomic E-state index is 7.59. The Balaban J connectivity index is 3.12. The zero-order valence-corrected chi connectivity index (χ0v) is 10.3. The Morgan fingerprint density at radius 2 is 2.00 bits per heavy atom. The van der Waals surface area contributed by atoms with Crippen molar-refractivity contribution >= 4 is 11.5 Å². The predicted molar refractivity (Wildman–Crippen MR) is 70.2 cm³/mol. The molecule has 16 heavy (non-hydrogen) atoms. The highest BCUT2D eigenvalue weighted by atomic mass is 15.2. The largest absolute Gasteiger partial charge is 0.384 e. The molecule has 0 aliphatic heterocycles. The third kappa shape index (κ3) is 2.75. The molecule has 0 spiro atoms. The van der Waals surface area contributed by atoms with E-state index in [0.29, 0.717) is 6.04 Å². The molecule has 0 aliphatic rings. The fourth-order valence-electron chi connectivity index (χ4n) is 1.85. The molecule has 3 nitrogen and oxygen atoms in total. The lowest BCUT2D eigenvalue weighted by Gasteiger charge is -2.30. The number of hydrogen-bond acceptors (Lipinski definition) is 2. The van der Waals surface area contributed by atoms with Gasteiger partial charge in [0.25, 0.3) is 0 Å². The molecule has 0 fully saturated rings. The van der Waals surface area contributed by atoms with E-state index < -0.39 is 0 Å². The quantitative estimate of drug-likeness (QED) is 0.591. The molecule has 0 radical (unpaired) electrons. The van der Waals surface area contributed by atoms with Crippen molar-refractivity contribution in [2.45, 2.75) is 33.2 Å². The second-order valence-electron chi connectivity index (χ2n) is 4.22. The van der Waals surface area contributed by atoms with Crippen LogP contribution in [0.4, 0.5) is 5.69 Å². The summed E-state index contributed by atoms with van der Waals surface area (Å²) in [6.45, 7) is 7.47. The smallest absolute Gasteiger partial charge is 0.124 e. The molecule has 0 heterocycles. The van der Waals surface area contributed by atoms with Crippen molar-refractivity contribution in [2.24, 2.45) is 5.73 Å². The Kier molecular flexibility index (Phi) is 4.35. The van der Waals surface area contributed by atoms with Crippen molar-refractivity contribution in [3.8, 4) is 0 Å². The van der Waals surface area contributed by atoms with Gasteiger partial charge in [-0.3, -0.25) is 5.41 Å². The van der Waals surface area contributed by atoms with Gasteiger partial charge in [-0.05, 0) is 32.4 Å². The van der Waals surface area contributed by atoms with Gasteiger partial charge in [-0.15, -0.1) is 0 Å². The van der Waals surface area contributed by atoms with Gasteiger partial charge in [-0.25, -0.2) is 0 Å². The molecule has 3 heteroatoms. The third-order valence-corrected chi connectivity index (χ3v) is 2.59. The van der Waals surface area contributed by atoms with Gasteiger partial charge in [0.05, 0.1) is 0 Å². The molecular weight excluding hydrogens is 198 g/mol. The second-order valence-corrected chi connectivity index (χ2v) is 4.22. The molecule has 1 aromatic carbocycles. The fourth-order valence-corrected chi connectivity index (χ4v) is 1.85. The Hall–Kier alpha value is -1.51. The summed E-state index contributed by atoms with van der Waals surface area (Å²) < 4.78 is 0. The van der Waals surface area contributed by atoms with Crippen LogP contribution in [0.2, 0.25) is 0 Å². The molecule has 88 valence electrons. The number of anilines is 1. The summed E-state index contributed by atoms with van der Waals surface area (Å²) in [6.07, 6.45) is 1.09. The van der Waals surface area contributed by atoms with Crippen LogP contribution >= 0.6 is 0 Å². The van der Waals surface area contributed by atoms with Crippen molar-refractivity contribution in [3.05, 3.63) is 29.8 Å². The molecule has 0 atom stereocenters. The van der Waals surface area contributed by atoms with E-state index in [9.17, 15) is 0 Å². The fraction of sp³-hybridized carbons (Fsp3) is 0.462. The molecule has 0 unspecified atom stereocenters. The van der Waals surface area contributed by atoms with Gasteiger partial charge in [0.15, 0.2) is 0 Å². The maximum Gasteiger partial charge on any atom is 0.124 e. The first kappa shape index (κ1) is 12.6. The lowest BCUT2D eigenvalue weighted by molar-refractivity contribution is 0.670. The van der Waals surface area contributed by atoms with Crippen LogP contribution in [-0.4, -0.2) is 18.4 Å². The van der Waals surface area contributed by atoms with Crippen LogP contribution in [0.3, 0.4) is 0 Å². The van der Waals surface area contributed by atoms with Crippen molar-refractivity contribution in [1.82, 2.24) is 0 Å². The molecule has 0 aromatic heterocycles. The molecule has 0 saturated heterocycles. The van der Waals surface area contributed by atoms with E-state index in [1.807, 2.05) is 24.3 Å². The number of nitrogens with zero attached hydrogens (tertiary/aromatic N) is 1. The van der Waals surface area contributed by atoms with Crippen LogP contribution in [-0.2, 0) is 0 Å². The summed E-state index contributed by atoms with van der Waals surface area (Å²) in [5.41, 5.74) is 7.49. The van der Waals surface area contributed by atoms with Gasteiger partial charge < -0.3 is 10.6 Å². The highest BCUT2D eigenvalue weighted by molar-refractivity contribution is 6.00. The Labute approximate surface area is 97.8 Å². The van der Waals surface area contributed by atoms with Gasteiger partial charge in [0.2, 0.25) is 0 Å². The minimum atomic E-state index is 0.136. The SMILES string of the molecule is CCCN(c1ccccc1C(=N)N)C(C)C. The van der Waals surface area contributed by atoms with E-state index in [-0.39, 0.29) is 5.84 Å². The highest BCUT2D eigenvalue weighted by Crippen LogP contribution is 2.22. The van der Waals surface area contributed by atoms with Gasteiger partial charge in [-0.1, -0.05) is 19.1 Å². The Bertz CT molecular complexity index is 358. The van der Waals surface area contributed by atoms with E-state index in [2.05, 4.69) is 25.7 Å². The molecule has 3 N–H and O–H groups in total. The second kappa shape index (κ2) is 5.54. The summed E-state index contributed by atoms with van der Waals surface area (Å²) in [7, 11) is 0. The number of rotatable bonds is 5. The lowest BCUT2D eigenvalue weighted by Crippen LogP contribution is -2.33. The molecule has 0 bridgehead atoms. The topological polar surface area (TPSA) is 53.1 Å². The van der Waals surface area contributed by atoms with Crippen LogP contribution in [0.15, 0.2) is 24.3 Å². The standard InChI is InChI=1S/C13H21N3/c1-4-9-16(10(2)3)12-8-6-5-7-11(12)13(14)15/h5-8,10H,4,9H2,1-3H3,(H3,14,15). The predicted octanol–water partition coefficient (Wildman–Crippen LogP) is 2.60. The summed E-state index contributed by atoms with van der Waals surface area (Å²) >= 11 is 0. The lowest BCUT2D eigenvalue weighted by atomic mass is 10.1. The van der Waals surface area contributed by atoms with Crippen LogP contribution in [0, 0.1) is 5.41 Å². The molecular formula is C13H21N3. The van der Waals surface area contributed by atoms with Crippen molar-refractivity contribution in [2.75, 3.05) is 11.4 Å². The number of benzene rings is 1. The van der Waals surface area contributed by atoms with Gasteiger partial charge in [0.1, 0.15) is 5.84 Å². The summed E-state index contributed by atoms with van der Waals surface area (Å²) in [5.74, 6) is 0.136. The maximum absolute atomic E-state index is 7.59. The van der Waals surface area contributed by atoms with Crippen LogP contribution in [0.1, 0.15) is 32.8 Å². The number of nitrogen functional groups attached to an aromatic ring is 1. The van der Waals surface area contributed by atoms with E-state index in [1.54, 1.807) is 0 Å². The first-order valence-corrected chi connectivity index (χ1v) is 5.78. The van der Waals surface area contributed by atoms with E-state index >= 15 is 0 Å². The number of nitrogens with two attached hydrogens (primary N) is 1. The van der Waals surface area contributed by atoms with Crippen LogP contribution in [0.25, 0.3) is 0 Å². The van der Waals surface area contributed by atoms with Gasteiger partial charge in [-0.2, -0.15) is 0 Å². The average molecular weight is 219 g/mol. The normalized spacial score (nSPS) is 10.5. The van der Waals surface area contributed by atoms with Crippen molar-refractivity contribution < 1.29 is 0 Å². The van der Waals surface area contributed by atoms with E-state index in [4.69, 9.17) is 11.1 Å². The summed E-state index contributed by atoms with van der Waals surface area (Å²) in [4.78, 5) is 2.29. The van der Waals surface area contributed by atoms with Crippen LogP contribution < -0.4 is 10.6 Å². The zero-order valence-electron chi connectivity index (χ0n) is 10.3. The first-order chi connectivity index (χ1) is 7.57. The molecule has 1 aromatic rings. The van der Waals surface area contributed by atoms with Crippen LogP contribution in [0.5, 0.6) is 0 Å². The molecule has 0 amide bonds. The highest BCUT2D eigenvalue weighted by Gasteiger charge is 2.14. The molecule has 0 saturated carbocycles. The number of para-hydroxylation sites is 1. The van der Waals surface area contributed by atoms with Gasteiger partial charge >= 0.3 is 0 Å². The van der Waals surface area contributed by atoms with Crippen molar-refractivity contribution in [3.63, 3.8) is 0 Å². The number of hydrogen-bond donors (Lipinski definition) is 2. The number of nitrogens with one attached hydrogen (secondary N) is 1. The zero-order chi connectivity index (χ0) is 12.1. The first-order valence-electron chi connectivity index (χ1n) is 5.78. The number of amidine groups is 1. The van der Waals surface area contributed by atoms with Gasteiger partial charge in [0, 0.05) is 23.8 Å². The van der Waals surface area contributed by atoms with E-state index in [1.165, 1.54) is 0 Å². The average Bonchev–Trinajstić information content (AvgIpc) is 2.25. The summed E-state index contributed by atoms with van der Waals surface area (Å²) in [6, 6.07) is 8.27. The van der Waals surface area contributed by atoms with E-state index in [0.717, 1.165) is 24.2 Å². The molecule has 1 rings (SSSR count). The monoisotopic (exact) mass is 219 g/mol. The Morgan fingerprint density at radius 1 is 1.38 bits per heavy atom. The molecule has 0 aliphatic carbocycles.